The van der Waals surface area contributed by atoms with E-state index in [9.17, 15) is 27.9 Å². The SMILES string of the molecule is Cc1c(OCc2csc3c(C(=O)O)cnc(N)c23)cccc1C(=O)Nc1cccc(OC(F)(F)F)c1. The molecule has 2 heterocycles. The van der Waals surface area contributed by atoms with Crippen molar-refractivity contribution in [3.8, 4) is 11.5 Å². The lowest BCUT2D eigenvalue weighted by Crippen LogP contribution is -2.17. The Hall–Kier alpha value is -4.32. The highest BCUT2D eigenvalue weighted by atomic mass is 32.1. The number of thiophene rings is 1. The summed E-state index contributed by atoms with van der Waals surface area (Å²) < 4.78 is 47.7. The Morgan fingerprint density at radius 1 is 1.17 bits per heavy atom. The number of anilines is 2. The molecular formula is C24H18F3N3O5S. The average molecular weight is 517 g/mol. The van der Waals surface area contributed by atoms with Crippen LogP contribution in [0.25, 0.3) is 10.1 Å². The van der Waals surface area contributed by atoms with Crippen molar-refractivity contribution in [1.29, 1.82) is 0 Å². The quantitative estimate of drug-likeness (QED) is 0.291. The van der Waals surface area contributed by atoms with Crippen LogP contribution in [0, 0.1) is 6.92 Å². The second-order valence-corrected chi connectivity index (χ2v) is 8.45. The van der Waals surface area contributed by atoms with E-state index in [0.29, 0.717) is 27.0 Å². The average Bonchev–Trinajstić information content (AvgIpc) is 3.22. The molecule has 4 N–H and O–H groups in total. The standard InChI is InChI=1S/C24H18F3N3O5S/c1-12-16(22(31)30-14-4-2-5-15(8-14)35-24(25,26)27)6-3-7-18(12)34-10-13-11-36-20-17(23(32)33)9-29-21(28)19(13)20/h2-9,11H,10H2,1H3,(H2,28,29)(H,30,31)(H,32,33). The fourth-order valence-corrected chi connectivity index (χ4v) is 4.60. The van der Waals surface area contributed by atoms with Crippen LogP contribution in [-0.4, -0.2) is 28.3 Å². The lowest BCUT2D eigenvalue weighted by molar-refractivity contribution is -0.274. The molecule has 0 aliphatic rings. The van der Waals surface area contributed by atoms with Gasteiger partial charge < -0.3 is 25.6 Å². The molecule has 0 bridgehead atoms. The highest BCUT2D eigenvalue weighted by molar-refractivity contribution is 7.17. The van der Waals surface area contributed by atoms with Gasteiger partial charge in [-0.25, -0.2) is 9.78 Å². The highest BCUT2D eigenvalue weighted by Crippen LogP contribution is 2.34. The number of carbonyl (C=O) groups is 2. The molecule has 2 aromatic heterocycles. The monoisotopic (exact) mass is 517 g/mol. The summed E-state index contributed by atoms with van der Waals surface area (Å²) >= 11 is 1.21. The number of ether oxygens (including phenoxy) is 2. The maximum atomic E-state index is 12.8. The lowest BCUT2D eigenvalue weighted by atomic mass is 10.1. The maximum absolute atomic E-state index is 12.8. The number of hydrogen-bond acceptors (Lipinski definition) is 7. The van der Waals surface area contributed by atoms with Crippen molar-refractivity contribution in [2.24, 2.45) is 0 Å². The number of carbonyl (C=O) groups excluding carboxylic acids is 1. The van der Waals surface area contributed by atoms with Gasteiger partial charge in [-0.3, -0.25) is 4.79 Å². The van der Waals surface area contributed by atoms with Gasteiger partial charge in [-0.1, -0.05) is 12.1 Å². The van der Waals surface area contributed by atoms with Gasteiger partial charge in [-0.2, -0.15) is 0 Å². The van der Waals surface area contributed by atoms with E-state index in [1.165, 1.54) is 29.7 Å². The van der Waals surface area contributed by atoms with Crippen LogP contribution < -0.4 is 20.5 Å². The molecule has 12 heteroatoms. The van der Waals surface area contributed by atoms with Gasteiger partial charge >= 0.3 is 12.3 Å². The van der Waals surface area contributed by atoms with E-state index >= 15 is 0 Å². The van der Waals surface area contributed by atoms with E-state index in [0.717, 1.165) is 12.1 Å². The molecule has 0 radical (unpaired) electrons. The molecule has 1 amide bonds. The van der Waals surface area contributed by atoms with Crippen LogP contribution in [-0.2, 0) is 6.61 Å². The minimum atomic E-state index is -4.85. The van der Waals surface area contributed by atoms with Crippen molar-refractivity contribution in [3.05, 3.63) is 76.3 Å². The number of aromatic carboxylic acids is 1. The molecule has 0 spiro atoms. The van der Waals surface area contributed by atoms with Crippen molar-refractivity contribution in [3.63, 3.8) is 0 Å². The van der Waals surface area contributed by atoms with Gasteiger partial charge in [0.25, 0.3) is 5.91 Å². The number of nitrogens with two attached hydrogens (primary N) is 1. The summed E-state index contributed by atoms with van der Waals surface area (Å²) in [7, 11) is 0. The van der Waals surface area contributed by atoms with E-state index in [2.05, 4.69) is 15.0 Å². The molecule has 0 saturated carbocycles. The van der Waals surface area contributed by atoms with E-state index in [4.69, 9.17) is 10.5 Å². The number of halogens is 3. The van der Waals surface area contributed by atoms with Gasteiger partial charge in [0.15, 0.2) is 0 Å². The van der Waals surface area contributed by atoms with E-state index in [1.807, 2.05) is 0 Å². The Morgan fingerprint density at radius 3 is 2.64 bits per heavy atom. The van der Waals surface area contributed by atoms with Crippen molar-refractivity contribution in [2.75, 3.05) is 11.1 Å². The van der Waals surface area contributed by atoms with Gasteiger partial charge in [-0.05, 0) is 36.6 Å². The van der Waals surface area contributed by atoms with Gasteiger partial charge in [0, 0.05) is 40.0 Å². The van der Waals surface area contributed by atoms with Gasteiger partial charge in [0.1, 0.15) is 23.9 Å². The van der Waals surface area contributed by atoms with Crippen LogP contribution >= 0.6 is 11.3 Å². The smallest absolute Gasteiger partial charge is 0.489 e. The molecule has 0 fully saturated rings. The third-order valence-corrected chi connectivity index (χ3v) is 6.23. The van der Waals surface area contributed by atoms with Crippen LogP contribution in [0.3, 0.4) is 0 Å². The van der Waals surface area contributed by atoms with Crippen LogP contribution in [0.15, 0.2) is 54.0 Å². The molecular weight excluding hydrogens is 499 g/mol. The fraction of sp³-hybridized carbons (Fsp3) is 0.125. The zero-order chi connectivity index (χ0) is 26.0. The molecule has 0 aliphatic heterocycles. The number of nitrogens with zero attached hydrogens (tertiary/aromatic N) is 1. The van der Waals surface area contributed by atoms with Crippen LogP contribution in [0.1, 0.15) is 31.8 Å². The summed E-state index contributed by atoms with van der Waals surface area (Å²) in [5.74, 6) is -1.57. The number of aromatic nitrogens is 1. The summed E-state index contributed by atoms with van der Waals surface area (Å²) in [6.07, 6.45) is -3.65. The first-order chi connectivity index (χ1) is 17.0. The summed E-state index contributed by atoms with van der Waals surface area (Å²) in [6.45, 7) is 1.70. The molecule has 2 aromatic carbocycles. The third kappa shape index (κ3) is 5.33. The minimum absolute atomic E-state index is 0.0370. The van der Waals surface area contributed by atoms with E-state index in [-0.39, 0.29) is 29.2 Å². The first-order valence-electron chi connectivity index (χ1n) is 10.3. The summed E-state index contributed by atoms with van der Waals surface area (Å²) in [5.41, 5.74) is 7.51. The Kier molecular flexibility index (Phi) is 6.71. The topological polar surface area (TPSA) is 124 Å². The summed E-state index contributed by atoms with van der Waals surface area (Å²) in [4.78, 5) is 28.3. The molecule has 186 valence electrons. The van der Waals surface area contributed by atoms with Crippen LogP contribution in [0.5, 0.6) is 11.5 Å². The number of nitrogen functional groups attached to an aromatic ring is 1. The van der Waals surface area contributed by atoms with Crippen LogP contribution in [0.2, 0.25) is 0 Å². The first kappa shape index (κ1) is 24.8. The first-order valence-corrected chi connectivity index (χ1v) is 11.2. The summed E-state index contributed by atoms with van der Waals surface area (Å²) in [6, 6.07) is 9.75. The molecule has 0 atom stereocenters. The van der Waals surface area contributed by atoms with Gasteiger partial charge in [-0.15, -0.1) is 24.5 Å². The molecule has 4 rings (SSSR count). The molecule has 36 heavy (non-hydrogen) atoms. The van der Waals surface area contributed by atoms with Gasteiger partial charge in [0.05, 0.1) is 10.3 Å². The van der Waals surface area contributed by atoms with E-state index < -0.39 is 24.0 Å². The number of carboxylic acids is 1. The molecule has 4 aromatic rings. The highest BCUT2D eigenvalue weighted by Gasteiger charge is 2.31. The predicted molar refractivity (Wildman–Crippen MR) is 128 cm³/mol. The molecule has 0 saturated heterocycles. The second-order valence-electron chi connectivity index (χ2n) is 7.57. The number of rotatable bonds is 7. The molecule has 0 aliphatic carbocycles. The number of pyridine rings is 1. The minimum Gasteiger partial charge on any atom is -0.489 e. The van der Waals surface area contributed by atoms with Crippen molar-refractivity contribution in [1.82, 2.24) is 4.98 Å². The molecule has 0 unspecified atom stereocenters. The Bertz CT molecular complexity index is 1470. The summed E-state index contributed by atoms with van der Waals surface area (Å²) in [5, 5.41) is 14.2. The number of benzene rings is 2. The second kappa shape index (κ2) is 9.74. The number of carboxylic acid groups (broad SMARTS) is 1. The number of alkyl halides is 3. The van der Waals surface area contributed by atoms with Crippen molar-refractivity contribution >= 4 is 44.8 Å². The van der Waals surface area contributed by atoms with Crippen molar-refractivity contribution < 1.29 is 37.3 Å². The number of fused-ring (bicyclic) bond motifs is 1. The third-order valence-electron chi connectivity index (χ3n) is 5.17. The normalized spacial score (nSPS) is 11.3. The van der Waals surface area contributed by atoms with Crippen LogP contribution in [0.4, 0.5) is 24.7 Å². The number of nitrogens with one attached hydrogen (secondary N) is 1. The van der Waals surface area contributed by atoms with E-state index in [1.54, 1.807) is 30.5 Å². The predicted octanol–water partition coefficient (Wildman–Crippen LogP) is 5.62. The maximum Gasteiger partial charge on any atom is 0.573 e. The van der Waals surface area contributed by atoms with Gasteiger partial charge in [0.2, 0.25) is 0 Å². The van der Waals surface area contributed by atoms with Crippen molar-refractivity contribution in [2.45, 2.75) is 19.9 Å². The molecule has 8 nitrogen and oxygen atoms in total. The largest absolute Gasteiger partial charge is 0.573 e. The fourth-order valence-electron chi connectivity index (χ4n) is 3.53. The zero-order valence-corrected chi connectivity index (χ0v) is 19.4. The Morgan fingerprint density at radius 2 is 1.92 bits per heavy atom. The number of amides is 1. The Balaban J connectivity index is 1.52. The lowest BCUT2D eigenvalue weighted by Gasteiger charge is -2.14. The number of hydrogen-bond donors (Lipinski definition) is 3. The zero-order valence-electron chi connectivity index (χ0n) is 18.6. The Labute approximate surface area is 206 Å².